The van der Waals surface area contributed by atoms with E-state index in [0.29, 0.717) is 6.04 Å². The monoisotopic (exact) mass is 307 g/mol. The first-order chi connectivity index (χ1) is 10.8. The van der Waals surface area contributed by atoms with E-state index in [1.165, 1.54) is 0 Å². The smallest absolute Gasteiger partial charge is 0.191 e. The Labute approximate surface area is 133 Å². The number of morpholine rings is 1. The van der Waals surface area contributed by atoms with Crippen LogP contribution in [0.5, 0.6) is 0 Å². The average molecular weight is 307 g/mol. The fourth-order valence-electron chi connectivity index (χ4n) is 2.52. The highest BCUT2D eigenvalue weighted by Gasteiger charge is 2.16. The van der Waals surface area contributed by atoms with Gasteiger partial charge in [0.25, 0.3) is 0 Å². The van der Waals surface area contributed by atoms with E-state index in [2.05, 4.69) is 46.3 Å². The van der Waals surface area contributed by atoms with Crippen molar-refractivity contribution in [3.8, 4) is 0 Å². The second kappa shape index (κ2) is 9.48. The largest absolute Gasteiger partial charge is 0.379 e. The third-order valence-electron chi connectivity index (χ3n) is 3.86. The van der Waals surface area contributed by atoms with E-state index in [1.807, 2.05) is 12.1 Å². The van der Waals surface area contributed by atoms with Gasteiger partial charge in [-0.15, -0.1) is 0 Å². The summed E-state index contributed by atoms with van der Waals surface area (Å²) in [6.07, 6.45) is 4.15. The maximum absolute atomic E-state index is 5.40. The first kappa shape index (κ1) is 16.8. The van der Waals surface area contributed by atoms with E-state index in [-0.39, 0.29) is 0 Å². The molecule has 1 unspecified atom stereocenters. The summed E-state index contributed by atoms with van der Waals surface area (Å²) in [4.78, 5) is 7.15. The van der Waals surface area contributed by atoms with Crippen molar-refractivity contribution in [2.24, 2.45) is 4.99 Å². The molecule has 1 aliphatic rings. The second-order valence-corrected chi connectivity index (χ2v) is 5.56. The molecule has 0 aromatic carbocycles. The van der Waals surface area contributed by atoms with E-state index >= 15 is 0 Å². The Morgan fingerprint density at radius 3 is 2.64 bits per heavy atom. The first-order valence-corrected chi connectivity index (χ1v) is 8.24. The summed E-state index contributed by atoms with van der Waals surface area (Å²) >= 11 is 0. The highest BCUT2D eigenvalue weighted by Crippen LogP contribution is 2.03. The Bertz CT molecular complexity index is 426. The van der Waals surface area contributed by atoms with Crippen molar-refractivity contribution >= 4 is 5.96 Å². The highest BCUT2D eigenvalue weighted by atomic mass is 16.5. The molecule has 22 heavy (non-hydrogen) atoms. The molecule has 0 bridgehead atoms. The molecular formula is C16H29N5O. The van der Waals surface area contributed by atoms with Gasteiger partial charge in [0.1, 0.15) is 0 Å². The van der Waals surface area contributed by atoms with Crippen LogP contribution in [0.1, 0.15) is 13.8 Å². The number of hydrogen-bond donors (Lipinski definition) is 2. The zero-order valence-corrected chi connectivity index (χ0v) is 13.8. The van der Waals surface area contributed by atoms with Gasteiger partial charge in [-0.2, -0.15) is 0 Å². The number of aromatic nitrogens is 1. The van der Waals surface area contributed by atoms with Crippen LogP contribution >= 0.6 is 0 Å². The van der Waals surface area contributed by atoms with E-state index in [1.54, 1.807) is 0 Å². The highest BCUT2D eigenvalue weighted by molar-refractivity contribution is 5.79. The van der Waals surface area contributed by atoms with E-state index < -0.39 is 0 Å². The van der Waals surface area contributed by atoms with Crippen molar-refractivity contribution in [2.45, 2.75) is 26.4 Å². The van der Waals surface area contributed by atoms with Gasteiger partial charge in [0.05, 0.1) is 19.8 Å². The van der Waals surface area contributed by atoms with Gasteiger partial charge in [0, 0.05) is 51.2 Å². The second-order valence-electron chi connectivity index (χ2n) is 5.56. The maximum Gasteiger partial charge on any atom is 0.191 e. The minimum Gasteiger partial charge on any atom is -0.379 e. The molecule has 0 radical (unpaired) electrons. The van der Waals surface area contributed by atoms with Crippen molar-refractivity contribution in [2.75, 3.05) is 45.9 Å². The third kappa shape index (κ3) is 5.69. The number of rotatable bonds is 7. The first-order valence-electron chi connectivity index (χ1n) is 8.24. The number of nitrogens with one attached hydrogen (secondary N) is 2. The van der Waals surface area contributed by atoms with Gasteiger partial charge in [-0.1, -0.05) is 0 Å². The van der Waals surface area contributed by atoms with Crippen LogP contribution in [0.2, 0.25) is 0 Å². The summed E-state index contributed by atoms with van der Waals surface area (Å²) in [5.74, 6) is 0.898. The summed E-state index contributed by atoms with van der Waals surface area (Å²) in [6, 6.07) is 4.54. The van der Waals surface area contributed by atoms with Crippen LogP contribution in [0.15, 0.2) is 29.5 Å². The Kier molecular flexibility index (Phi) is 7.25. The third-order valence-corrected chi connectivity index (χ3v) is 3.86. The van der Waals surface area contributed by atoms with Gasteiger partial charge in [0.15, 0.2) is 5.96 Å². The van der Waals surface area contributed by atoms with E-state index in [0.717, 1.165) is 58.4 Å². The molecule has 1 aliphatic heterocycles. The fourth-order valence-corrected chi connectivity index (χ4v) is 2.52. The molecular weight excluding hydrogens is 278 g/mol. The summed E-state index contributed by atoms with van der Waals surface area (Å²) in [5, 5.41) is 6.70. The van der Waals surface area contributed by atoms with Crippen LogP contribution in [0, 0.1) is 0 Å². The maximum atomic E-state index is 5.40. The lowest BCUT2D eigenvalue weighted by atomic mass is 10.2. The molecule has 1 atom stereocenters. The molecule has 124 valence electrons. The van der Waals surface area contributed by atoms with Crippen molar-refractivity contribution in [3.05, 3.63) is 24.5 Å². The summed E-state index contributed by atoms with van der Waals surface area (Å²) in [7, 11) is 0. The van der Waals surface area contributed by atoms with E-state index in [4.69, 9.17) is 9.73 Å². The average Bonchev–Trinajstić information content (AvgIpc) is 3.06. The lowest BCUT2D eigenvalue weighted by Gasteiger charge is -2.31. The standard InChI is InChI=1S/C16H29N5O/c1-3-17-16(18-6-9-20-7-4-5-8-20)19-14-15(2)21-10-12-22-13-11-21/h4-5,7-8,15H,3,6,9-14H2,1-2H3,(H2,17,18,19). The molecule has 2 rings (SSSR count). The zero-order chi connectivity index (χ0) is 15.6. The van der Waals surface area contributed by atoms with Gasteiger partial charge in [0.2, 0.25) is 0 Å². The van der Waals surface area contributed by atoms with Gasteiger partial charge in [-0.25, -0.2) is 0 Å². The predicted molar refractivity (Wildman–Crippen MR) is 90.3 cm³/mol. The summed E-state index contributed by atoms with van der Waals surface area (Å²) in [5.41, 5.74) is 0. The number of nitrogens with zero attached hydrogens (tertiary/aromatic N) is 3. The normalized spacial score (nSPS) is 18.2. The van der Waals surface area contributed by atoms with Gasteiger partial charge in [-0.05, 0) is 26.0 Å². The molecule has 1 aromatic heterocycles. The van der Waals surface area contributed by atoms with E-state index in [9.17, 15) is 0 Å². The van der Waals surface area contributed by atoms with Crippen LogP contribution in [0.25, 0.3) is 0 Å². The summed E-state index contributed by atoms with van der Waals surface area (Å²) in [6.45, 7) is 11.5. The predicted octanol–water partition coefficient (Wildman–Crippen LogP) is 0.764. The lowest BCUT2D eigenvalue weighted by Crippen LogP contribution is -2.44. The van der Waals surface area contributed by atoms with Crippen molar-refractivity contribution < 1.29 is 4.74 Å². The van der Waals surface area contributed by atoms with Gasteiger partial charge >= 0.3 is 0 Å². The molecule has 6 nitrogen and oxygen atoms in total. The molecule has 0 spiro atoms. The minimum absolute atomic E-state index is 0.448. The molecule has 1 saturated heterocycles. The SMILES string of the molecule is CCNC(=NCC(C)N1CCOCC1)NCCn1cccc1. The van der Waals surface area contributed by atoms with Crippen LogP contribution in [-0.2, 0) is 11.3 Å². The molecule has 0 saturated carbocycles. The van der Waals surface area contributed by atoms with Crippen LogP contribution in [0.4, 0.5) is 0 Å². The molecule has 1 aromatic rings. The summed E-state index contributed by atoms with van der Waals surface area (Å²) < 4.78 is 7.56. The van der Waals surface area contributed by atoms with Crippen molar-refractivity contribution in [1.82, 2.24) is 20.1 Å². The topological polar surface area (TPSA) is 53.8 Å². The van der Waals surface area contributed by atoms with Gasteiger partial charge in [-0.3, -0.25) is 9.89 Å². The molecule has 2 N–H and O–H groups in total. The number of hydrogen-bond acceptors (Lipinski definition) is 3. The molecule has 0 aliphatic carbocycles. The molecule has 2 heterocycles. The molecule has 6 heteroatoms. The zero-order valence-electron chi connectivity index (χ0n) is 13.8. The molecule has 1 fully saturated rings. The van der Waals surface area contributed by atoms with Gasteiger partial charge < -0.3 is 19.9 Å². The van der Waals surface area contributed by atoms with Crippen LogP contribution in [-0.4, -0.2) is 67.4 Å². The quantitative estimate of drug-likeness (QED) is 0.577. The Morgan fingerprint density at radius 2 is 1.95 bits per heavy atom. The minimum atomic E-state index is 0.448. The van der Waals surface area contributed by atoms with Crippen LogP contribution in [0.3, 0.4) is 0 Å². The number of guanidine groups is 1. The Balaban J connectivity index is 1.75. The van der Waals surface area contributed by atoms with Crippen molar-refractivity contribution in [3.63, 3.8) is 0 Å². The Hall–Kier alpha value is -1.53. The van der Waals surface area contributed by atoms with Crippen LogP contribution < -0.4 is 10.6 Å². The Morgan fingerprint density at radius 1 is 1.23 bits per heavy atom. The van der Waals surface area contributed by atoms with Crippen molar-refractivity contribution in [1.29, 1.82) is 0 Å². The lowest BCUT2D eigenvalue weighted by molar-refractivity contribution is 0.0220. The number of ether oxygens (including phenoxy) is 1. The number of aliphatic imine (C=N–C) groups is 1. The fraction of sp³-hybridized carbons (Fsp3) is 0.688. The molecule has 0 amide bonds.